The number of carbonyl (C=O) groups excluding carboxylic acids is 2. The predicted molar refractivity (Wildman–Crippen MR) is 130 cm³/mol. The van der Waals surface area contributed by atoms with E-state index >= 15 is 0 Å². The third kappa shape index (κ3) is 9.34. The number of hydrogen-bond donors (Lipinski definition) is 5. The normalized spacial score (nSPS) is 10.5. The van der Waals surface area contributed by atoms with Gasteiger partial charge in [-0.2, -0.15) is 0 Å². The molecule has 0 aliphatic carbocycles. The van der Waals surface area contributed by atoms with Crippen molar-refractivity contribution in [1.82, 2.24) is 21.2 Å². The number of amides is 4. The lowest BCUT2D eigenvalue weighted by Gasteiger charge is -2.22. The van der Waals surface area contributed by atoms with E-state index in [0.29, 0.717) is 21.5 Å². The van der Waals surface area contributed by atoms with E-state index < -0.39 is 18.0 Å². The first-order chi connectivity index (χ1) is 16.2. The number of urea groups is 2. The van der Waals surface area contributed by atoms with E-state index in [-0.39, 0.29) is 32.0 Å². The SMILES string of the molecule is CC(C)Oc1ccc(NNNC(=O)N(CCCC(=O)O)C(=O)NCc2ccc(Cl)cc2)cc1Cl. The molecule has 34 heavy (non-hydrogen) atoms. The molecular formula is C22H27Cl2N5O5. The first kappa shape index (κ1) is 27.0. The fourth-order valence-electron chi connectivity index (χ4n) is 2.71. The molecule has 0 unspecified atom stereocenters. The van der Waals surface area contributed by atoms with Crippen molar-refractivity contribution in [3.8, 4) is 5.75 Å². The van der Waals surface area contributed by atoms with Gasteiger partial charge in [-0.05, 0) is 56.2 Å². The number of hydrazine groups is 2. The van der Waals surface area contributed by atoms with Crippen molar-refractivity contribution in [2.24, 2.45) is 0 Å². The minimum atomic E-state index is -1.02. The molecule has 184 valence electrons. The molecule has 2 aromatic rings. The summed E-state index contributed by atoms with van der Waals surface area (Å²) in [6.07, 6.45) is -0.132. The zero-order chi connectivity index (χ0) is 25.1. The van der Waals surface area contributed by atoms with Crippen molar-refractivity contribution >= 4 is 46.9 Å². The van der Waals surface area contributed by atoms with E-state index in [1.807, 2.05) is 13.8 Å². The lowest BCUT2D eigenvalue weighted by Crippen LogP contribution is -2.53. The minimum absolute atomic E-state index is 0.0355. The van der Waals surface area contributed by atoms with Crippen LogP contribution in [-0.4, -0.2) is 40.7 Å². The average molecular weight is 512 g/mol. The van der Waals surface area contributed by atoms with Crippen LogP contribution < -0.4 is 26.4 Å². The van der Waals surface area contributed by atoms with Crippen LogP contribution in [0.3, 0.4) is 0 Å². The van der Waals surface area contributed by atoms with Crippen LogP contribution in [0.4, 0.5) is 15.3 Å². The number of ether oxygens (including phenoxy) is 1. The van der Waals surface area contributed by atoms with E-state index in [0.717, 1.165) is 10.5 Å². The number of rotatable bonds is 11. The van der Waals surface area contributed by atoms with Gasteiger partial charge in [-0.1, -0.05) is 35.3 Å². The van der Waals surface area contributed by atoms with Crippen LogP contribution in [0.2, 0.25) is 10.0 Å². The third-order valence-electron chi connectivity index (χ3n) is 4.29. The first-order valence-corrected chi connectivity index (χ1v) is 11.2. The number of carboxylic acids is 1. The highest BCUT2D eigenvalue weighted by Crippen LogP contribution is 2.28. The Balaban J connectivity index is 1.93. The zero-order valence-electron chi connectivity index (χ0n) is 18.7. The lowest BCUT2D eigenvalue weighted by atomic mass is 10.2. The Labute approximate surface area is 207 Å². The van der Waals surface area contributed by atoms with E-state index in [4.69, 9.17) is 33.0 Å². The summed E-state index contributed by atoms with van der Waals surface area (Å²) in [5, 5.41) is 12.4. The molecule has 0 saturated carbocycles. The number of hydrogen-bond acceptors (Lipinski definition) is 6. The monoisotopic (exact) mass is 511 g/mol. The van der Waals surface area contributed by atoms with Gasteiger partial charge in [0.15, 0.2) is 0 Å². The highest BCUT2D eigenvalue weighted by atomic mass is 35.5. The number of nitrogens with one attached hydrogen (secondary N) is 4. The van der Waals surface area contributed by atoms with Gasteiger partial charge in [0.2, 0.25) is 0 Å². The Morgan fingerprint density at radius 1 is 1.06 bits per heavy atom. The van der Waals surface area contributed by atoms with Crippen LogP contribution in [-0.2, 0) is 11.3 Å². The van der Waals surface area contributed by atoms with E-state index in [1.54, 1.807) is 42.5 Å². The largest absolute Gasteiger partial charge is 0.489 e. The molecule has 2 aromatic carbocycles. The fourth-order valence-corrected chi connectivity index (χ4v) is 3.06. The molecule has 10 nitrogen and oxygen atoms in total. The molecule has 0 atom stereocenters. The van der Waals surface area contributed by atoms with Gasteiger partial charge in [-0.25, -0.2) is 14.5 Å². The topological polar surface area (TPSA) is 132 Å². The van der Waals surface area contributed by atoms with Crippen LogP contribution >= 0.6 is 23.2 Å². The molecule has 0 fully saturated rings. The molecular weight excluding hydrogens is 485 g/mol. The molecule has 0 radical (unpaired) electrons. The lowest BCUT2D eigenvalue weighted by molar-refractivity contribution is -0.137. The van der Waals surface area contributed by atoms with Crippen molar-refractivity contribution in [3.63, 3.8) is 0 Å². The minimum Gasteiger partial charge on any atom is -0.489 e. The Kier molecular flexibility index (Phi) is 10.7. The summed E-state index contributed by atoms with van der Waals surface area (Å²) in [5.41, 5.74) is 8.91. The molecule has 0 saturated heterocycles. The van der Waals surface area contributed by atoms with Crippen molar-refractivity contribution < 1.29 is 24.2 Å². The molecule has 0 heterocycles. The summed E-state index contributed by atoms with van der Waals surface area (Å²) in [6.45, 7) is 3.83. The standard InChI is InChI=1S/C22H27Cl2N5O5/c1-14(2)34-19-10-9-17(12-18(19)24)26-28-27-22(33)29(11-3-4-20(30)31)21(32)25-13-15-5-7-16(23)8-6-15/h5-10,12,14,26,28H,3-4,11,13H2,1-2H3,(H,25,32)(H,27,33)(H,30,31). The highest BCUT2D eigenvalue weighted by molar-refractivity contribution is 6.32. The van der Waals surface area contributed by atoms with E-state index in [1.165, 1.54) is 0 Å². The quantitative estimate of drug-likeness (QED) is 0.282. The van der Waals surface area contributed by atoms with Crippen molar-refractivity contribution in [1.29, 1.82) is 0 Å². The molecule has 0 bridgehead atoms. The van der Waals surface area contributed by atoms with Crippen LogP contribution in [0.1, 0.15) is 32.3 Å². The summed E-state index contributed by atoms with van der Waals surface area (Å²) in [5.74, 6) is -0.503. The van der Waals surface area contributed by atoms with Crippen LogP contribution in [0.25, 0.3) is 0 Å². The first-order valence-electron chi connectivity index (χ1n) is 10.4. The number of halogens is 2. The van der Waals surface area contributed by atoms with Crippen molar-refractivity contribution in [2.75, 3.05) is 12.0 Å². The van der Waals surface area contributed by atoms with Crippen LogP contribution in [0.5, 0.6) is 5.75 Å². The summed E-state index contributed by atoms with van der Waals surface area (Å²) in [4.78, 5) is 36.9. The molecule has 0 aliphatic rings. The molecule has 2 rings (SSSR count). The highest BCUT2D eigenvalue weighted by Gasteiger charge is 2.21. The second-order valence-corrected chi connectivity index (χ2v) is 8.27. The van der Waals surface area contributed by atoms with Crippen LogP contribution in [0.15, 0.2) is 42.5 Å². The molecule has 0 spiro atoms. The molecule has 4 amide bonds. The second kappa shape index (κ2) is 13.5. The van der Waals surface area contributed by atoms with Gasteiger partial charge in [-0.3, -0.25) is 10.2 Å². The number of nitrogens with zero attached hydrogens (tertiary/aromatic N) is 1. The van der Waals surface area contributed by atoms with E-state index in [9.17, 15) is 14.4 Å². The predicted octanol–water partition coefficient (Wildman–Crippen LogP) is 4.40. The van der Waals surface area contributed by atoms with Gasteiger partial charge in [0.1, 0.15) is 5.75 Å². The van der Waals surface area contributed by atoms with Gasteiger partial charge in [-0.15, -0.1) is 5.53 Å². The molecule has 0 aliphatic heterocycles. The zero-order valence-corrected chi connectivity index (χ0v) is 20.2. The van der Waals surface area contributed by atoms with Gasteiger partial charge in [0.05, 0.1) is 16.8 Å². The van der Waals surface area contributed by atoms with Crippen molar-refractivity contribution in [2.45, 2.75) is 39.3 Å². The fraction of sp³-hybridized carbons (Fsp3) is 0.318. The van der Waals surface area contributed by atoms with Gasteiger partial charge in [0.25, 0.3) is 0 Å². The average Bonchev–Trinajstić information content (AvgIpc) is 2.77. The summed E-state index contributed by atoms with van der Waals surface area (Å²) >= 11 is 12.0. The number of anilines is 1. The van der Waals surface area contributed by atoms with Crippen LogP contribution in [0, 0.1) is 0 Å². The number of carboxylic acid groups (broad SMARTS) is 1. The Hall–Kier alpha value is -3.21. The second-order valence-electron chi connectivity index (χ2n) is 7.43. The van der Waals surface area contributed by atoms with Gasteiger partial charge < -0.3 is 20.6 Å². The Morgan fingerprint density at radius 3 is 2.38 bits per heavy atom. The summed E-state index contributed by atoms with van der Waals surface area (Å²) < 4.78 is 5.57. The van der Waals surface area contributed by atoms with E-state index in [2.05, 4.69) is 21.7 Å². The number of imide groups is 1. The number of carbonyl (C=O) groups is 3. The summed E-state index contributed by atoms with van der Waals surface area (Å²) in [6, 6.07) is 10.4. The number of benzene rings is 2. The van der Waals surface area contributed by atoms with Crippen molar-refractivity contribution in [3.05, 3.63) is 58.1 Å². The van der Waals surface area contributed by atoms with Gasteiger partial charge in [0, 0.05) is 24.5 Å². The smallest absolute Gasteiger partial charge is 0.341 e. The maximum atomic E-state index is 12.6. The molecule has 5 N–H and O–H groups in total. The summed E-state index contributed by atoms with van der Waals surface area (Å²) in [7, 11) is 0. The Morgan fingerprint density at radius 2 is 1.76 bits per heavy atom. The third-order valence-corrected chi connectivity index (χ3v) is 4.84. The molecule has 0 aromatic heterocycles. The Bertz CT molecular complexity index is 988. The maximum Gasteiger partial charge on any atom is 0.341 e. The number of aliphatic carboxylic acids is 1. The molecule has 12 heteroatoms. The van der Waals surface area contributed by atoms with Gasteiger partial charge >= 0.3 is 18.0 Å². The maximum absolute atomic E-state index is 12.6.